The normalized spacial score (nSPS) is 19.4. The monoisotopic (exact) mass is 1030 g/mol. The van der Waals surface area contributed by atoms with E-state index in [1.165, 1.54) is 122 Å². The van der Waals surface area contributed by atoms with Crippen molar-refractivity contribution in [2.24, 2.45) is 0 Å². The Hall–Kier alpha value is -2.64. The van der Waals surface area contributed by atoms with E-state index < -0.39 is 49.5 Å². The number of rotatable bonds is 51. The van der Waals surface area contributed by atoms with Crippen LogP contribution < -0.4 is 5.32 Å². The van der Waals surface area contributed by atoms with Crippen molar-refractivity contribution < 1.29 is 49.3 Å². The van der Waals surface area contributed by atoms with E-state index in [2.05, 4.69) is 67.8 Å². The molecule has 7 atom stereocenters. The van der Waals surface area contributed by atoms with Crippen LogP contribution in [0, 0.1) is 0 Å². The zero-order valence-electron chi connectivity index (χ0n) is 46.6. The van der Waals surface area contributed by atoms with Crippen LogP contribution in [0.1, 0.15) is 258 Å². The standard InChI is InChI=1S/C62H111NO10/c1-3-5-7-9-11-13-15-17-24-28-32-36-40-44-48-55(65)54(53-72-62-61(70)60(69)59(68)56(52-64)73-62)63-57(66)49-45-41-37-33-29-25-22-20-19-21-23-27-31-35-39-43-47-51-71-58(67)50-46-42-38-34-30-26-18-16-14-12-10-8-6-4-2/h10,12,16,18-19,21,27,31,44,48,54-56,59-62,64-65,68-70H,3-9,11,13-15,17,20,22-26,28-30,32-43,45-47,49-53H2,1-2H3,(H,63,66)/b12-10-,18-16-,21-19-,31-27-,48-44+. The summed E-state index contributed by atoms with van der Waals surface area (Å²) in [6, 6.07) is -0.824. The Labute approximate surface area is 446 Å². The number of hydrogen-bond acceptors (Lipinski definition) is 10. The highest BCUT2D eigenvalue weighted by Gasteiger charge is 2.44. The summed E-state index contributed by atoms with van der Waals surface area (Å²) in [5.74, 6) is -0.246. The molecule has 0 aromatic rings. The average molecular weight is 1030 g/mol. The lowest BCUT2D eigenvalue weighted by atomic mass is 9.99. The van der Waals surface area contributed by atoms with Gasteiger partial charge < -0.3 is 45.1 Å². The molecule has 1 aliphatic heterocycles. The molecule has 0 aromatic heterocycles. The Morgan fingerprint density at radius 3 is 1.42 bits per heavy atom. The molecule has 73 heavy (non-hydrogen) atoms. The Morgan fingerprint density at radius 1 is 0.507 bits per heavy atom. The molecule has 0 aliphatic carbocycles. The van der Waals surface area contributed by atoms with Gasteiger partial charge >= 0.3 is 5.97 Å². The summed E-state index contributed by atoms with van der Waals surface area (Å²) in [6.07, 6.45) is 55.8. The number of aliphatic hydroxyl groups excluding tert-OH is 5. The Morgan fingerprint density at radius 2 is 0.932 bits per heavy atom. The minimum absolute atomic E-state index is 0.0476. The van der Waals surface area contributed by atoms with Gasteiger partial charge in [-0.05, 0) is 96.3 Å². The number of nitrogens with one attached hydrogen (secondary N) is 1. The minimum atomic E-state index is -1.58. The van der Waals surface area contributed by atoms with E-state index in [0.717, 1.165) is 109 Å². The first-order valence-electron chi connectivity index (χ1n) is 30.1. The van der Waals surface area contributed by atoms with Gasteiger partial charge in [0.25, 0.3) is 0 Å². The zero-order valence-corrected chi connectivity index (χ0v) is 46.6. The van der Waals surface area contributed by atoms with E-state index >= 15 is 0 Å². The highest BCUT2D eigenvalue weighted by atomic mass is 16.7. The summed E-state index contributed by atoms with van der Waals surface area (Å²) in [5.41, 5.74) is 0. The number of carbonyl (C=O) groups is 2. The van der Waals surface area contributed by atoms with Crippen LogP contribution in [0.5, 0.6) is 0 Å². The molecular formula is C62H111NO10. The molecule has 0 saturated carbocycles. The molecule has 0 spiro atoms. The van der Waals surface area contributed by atoms with Crippen molar-refractivity contribution in [3.05, 3.63) is 60.8 Å². The predicted molar refractivity (Wildman–Crippen MR) is 301 cm³/mol. The summed E-state index contributed by atoms with van der Waals surface area (Å²) in [7, 11) is 0. The number of esters is 1. The van der Waals surface area contributed by atoms with Crippen molar-refractivity contribution in [1.29, 1.82) is 0 Å². The second-order valence-corrected chi connectivity index (χ2v) is 20.7. The van der Waals surface area contributed by atoms with Gasteiger partial charge in [-0.25, -0.2) is 0 Å². The summed E-state index contributed by atoms with van der Waals surface area (Å²) in [4.78, 5) is 25.1. The number of unbranched alkanes of at least 4 members (excludes halogenated alkanes) is 29. The van der Waals surface area contributed by atoms with Gasteiger partial charge in [0, 0.05) is 12.8 Å². The second-order valence-electron chi connectivity index (χ2n) is 20.7. The maximum atomic E-state index is 13.0. The third kappa shape index (κ3) is 41.2. The molecule has 0 aromatic carbocycles. The lowest BCUT2D eigenvalue weighted by molar-refractivity contribution is -0.302. The third-order valence-electron chi connectivity index (χ3n) is 13.8. The zero-order chi connectivity index (χ0) is 53.1. The molecule has 7 unspecified atom stereocenters. The van der Waals surface area contributed by atoms with Crippen molar-refractivity contribution in [3.63, 3.8) is 0 Å². The first kappa shape index (κ1) is 68.4. The highest BCUT2D eigenvalue weighted by molar-refractivity contribution is 5.76. The van der Waals surface area contributed by atoms with Gasteiger partial charge in [0.1, 0.15) is 24.4 Å². The maximum Gasteiger partial charge on any atom is 0.305 e. The molecule has 1 saturated heterocycles. The fourth-order valence-electron chi connectivity index (χ4n) is 9.01. The summed E-state index contributed by atoms with van der Waals surface area (Å²) >= 11 is 0. The Bertz CT molecular complexity index is 1400. The molecule has 11 nitrogen and oxygen atoms in total. The lowest BCUT2D eigenvalue weighted by Gasteiger charge is -2.40. The molecule has 11 heteroatoms. The SMILES string of the molecule is CCCC/C=C\C/C=C\CCCCCCCC(=O)OCCCCC/C=C\C/C=C\CCCCCCCCCC(=O)NC(COC1OC(CO)C(O)C(O)C1O)C(O)/C=C/CCCCCCCCCCCCCC. The third-order valence-corrected chi connectivity index (χ3v) is 13.8. The number of hydrogen-bond donors (Lipinski definition) is 6. The van der Waals surface area contributed by atoms with Gasteiger partial charge in [0.2, 0.25) is 5.91 Å². The molecule has 1 heterocycles. The van der Waals surface area contributed by atoms with Crippen molar-refractivity contribution in [3.8, 4) is 0 Å². The molecule has 0 bridgehead atoms. The Kier molecular flexibility index (Phi) is 48.2. The number of allylic oxidation sites excluding steroid dienone is 9. The first-order chi connectivity index (χ1) is 35.7. The topological polar surface area (TPSA) is 175 Å². The summed E-state index contributed by atoms with van der Waals surface area (Å²) in [6.45, 7) is 4.24. The van der Waals surface area contributed by atoms with Crippen LogP contribution in [-0.4, -0.2) is 100 Å². The van der Waals surface area contributed by atoms with Crippen molar-refractivity contribution in [1.82, 2.24) is 5.32 Å². The van der Waals surface area contributed by atoms with Gasteiger partial charge in [-0.3, -0.25) is 9.59 Å². The van der Waals surface area contributed by atoms with Gasteiger partial charge in [0.05, 0.1) is 32.0 Å². The number of amides is 1. The highest BCUT2D eigenvalue weighted by Crippen LogP contribution is 2.23. The van der Waals surface area contributed by atoms with Crippen LogP contribution in [0.4, 0.5) is 0 Å². The summed E-state index contributed by atoms with van der Waals surface area (Å²) in [5, 5.41) is 54.4. The number of carbonyl (C=O) groups excluding carboxylic acids is 2. The fraction of sp³-hybridized carbons (Fsp3) is 0.806. The largest absolute Gasteiger partial charge is 0.466 e. The van der Waals surface area contributed by atoms with Crippen LogP contribution >= 0.6 is 0 Å². The Balaban J connectivity index is 2.15. The smallest absolute Gasteiger partial charge is 0.305 e. The summed E-state index contributed by atoms with van der Waals surface area (Å²) < 4.78 is 16.7. The lowest BCUT2D eigenvalue weighted by Crippen LogP contribution is -2.60. The molecule has 1 fully saturated rings. The van der Waals surface area contributed by atoms with Crippen LogP contribution in [0.2, 0.25) is 0 Å². The molecule has 1 amide bonds. The van der Waals surface area contributed by atoms with Crippen LogP contribution in [-0.2, 0) is 23.8 Å². The predicted octanol–water partition coefficient (Wildman–Crippen LogP) is 13.8. The van der Waals surface area contributed by atoms with Gasteiger partial charge in [-0.15, -0.1) is 0 Å². The van der Waals surface area contributed by atoms with Crippen molar-refractivity contribution >= 4 is 11.9 Å². The van der Waals surface area contributed by atoms with Gasteiger partial charge in [-0.2, -0.15) is 0 Å². The molecule has 424 valence electrons. The fourth-order valence-corrected chi connectivity index (χ4v) is 9.01. The second kappa shape index (κ2) is 51.5. The van der Waals surface area contributed by atoms with E-state index in [1.54, 1.807) is 6.08 Å². The molecule has 1 rings (SSSR count). The number of aliphatic hydroxyl groups is 5. The first-order valence-corrected chi connectivity index (χ1v) is 30.1. The van der Waals surface area contributed by atoms with E-state index in [0.29, 0.717) is 19.4 Å². The van der Waals surface area contributed by atoms with Crippen LogP contribution in [0.25, 0.3) is 0 Å². The van der Waals surface area contributed by atoms with Crippen molar-refractivity contribution in [2.45, 2.75) is 301 Å². The van der Waals surface area contributed by atoms with Crippen molar-refractivity contribution in [2.75, 3.05) is 19.8 Å². The quantitative estimate of drug-likeness (QED) is 0.0195. The van der Waals surface area contributed by atoms with E-state index in [9.17, 15) is 35.1 Å². The van der Waals surface area contributed by atoms with Gasteiger partial charge in [0.15, 0.2) is 6.29 Å². The molecule has 6 N–H and O–H groups in total. The van der Waals surface area contributed by atoms with E-state index in [1.807, 2.05) is 6.08 Å². The van der Waals surface area contributed by atoms with Crippen LogP contribution in [0.15, 0.2) is 60.8 Å². The molecular weight excluding hydrogens is 919 g/mol. The van der Waals surface area contributed by atoms with E-state index in [-0.39, 0.29) is 18.5 Å². The number of ether oxygens (including phenoxy) is 3. The molecule has 1 aliphatic rings. The maximum absolute atomic E-state index is 13.0. The average Bonchev–Trinajstić information content (AvgIpc) is 3.39. The van der Waals surface area contributed by atoms with Gasteiger partial charge in [-0.1, -0.05) is 209 Å². The minimum Gasteiger partial charge on any atom is -0.466 e. The van der Waals surface area contributed by atoms with Crippen LogP contribution in [0.3, 0.4) is 0 Å². The molecule has 0 radical (unpaired) electrons. The van der Waals surface area contributed by atoms with E-state index in [4.69, 9.17) is 14.2 Å².